The predicted octanol–water partition coefficient (Wildman–Crippen LogP) is 3.28. The molecule has 0 fully saturated rings. The molecule has 0 radical (unpaired) electrons. The van der Waals surface area contributed by atoms with E-state index in [4.69, 9.17) is 11.6 Å². The summed E-state index contributed by atoms with van der Waals surface area (Å²) < 4.78 is 0. The number of carbonyl (C=O) groups excluding carboxylic acids is 2. The van der Waals surface area contributed by atoms with E-state index in [2.05, 4.69) is 10.6 Å². The highest BCUT2D eigenvalue weighted by molar-refractivity contribution is 7.99. The van der Waals surface area contributed by atoms with Gasteiger partial charge in [0.25, 0.3) is 11.6 Å². The first-order valence-electron chi connectivity index (χ1n) is 8.13. The number of halogens is 1. The monoisotopic (exact) mass is 407 g/mol. The number of nitro groups is 1. The number of carbonyl (C=O) groups is 2. The van der Waals surface area contributed by atoms with Crippen LogP contribution in [0.1, 0.15) is 16.8 Å². The van der Waals surface area contributed by atoms with Crippen LogP contribution >= 0.6 is 23.4 Å². The number of rotatable bonds is 9. The van der Waals surface area contributed by atoms with E-state index >= 15 is 0 Å². The minimum Gasteiger partial charge on any atom is -0.355 e. The van der Waals surface area contributed by atoms with Crippen LogP contribution < -0.4 is 10.6 Å². The van der Waals surface area contributed by atoms with Crippen molar-refractivity contribution in [2.24, 2.45) is 0 Å². The third-order valence-corrected chi connectivity index (χ3v) is 4.75. The molecule has 0 aliphatic carbocycles. The molecule has 142 valence electrons. The highest BCUT2D eigenvalue weighted by atomic mass is 35.5. The van der Waals surface area contributed by atoms with Crippen LogP contribution in [-0.4, -0.2) is 35.6 Å². The van der Waals surface area contributed by atoms with Crippen molar-refractivity contribution in [3.63, 3.8) is 0 Å². The smallest absolute Gasteiger partial charge is 0.269 e. The number of nitrogens with zero attached hydrogens (tertiary/aromatic N) is 1. The zero-order chi connectivity index (χ0) is 19.6. The van der Waals surface area contributed by atoms with Gasteiger partial charge in [-0.25, -0.2) is 0 Å². The van der Waals surface area contributed by atoms with Gasteiger partial charge in [-0.05, 0) is 36.4 Å². The molecule has 0 aromatic heterocycles. The Morgan fingerprint density at radius 2 is 1.67 bits per heavy atom. The molecule has 0 saturated heterocycles. The van der Waals surface area contributed by atoms with Gasteiger partial charge in [0.15, 0.2) is 0 Å². The maximum atomic E-state index is 11.9. The van der Waals surface area contributed by atoms with Gasteiger partial charge in [0.2, 0.25) is 5.91 Å². The van der Waals surface area contributed by atoms with Crippen LogP contribution in [0.15, 0.2) is 53.4 Å². The molecule has 27 heavy (non-hydrogen) atoms. The number of hydrogen-bond acceptors (Lipinski definition) is 5. The number of amides is 2. The second-order valence-corrected chi connectivity index (χ2v) is 7.07. The number of benzene rings is 2. The van der Waals surface area contributed by atoms with Gasteiger partial charge in [-0.1, -0.05) is 11.6 Å². The maximum Gasteiger partial charge on any atom is 0.269 e. The average molecular weight is 408 g/mol. The van der Waals surface area contributed by atoms with Crippen molar-refractivity contribution in [2.75, 3.05) is 18.8 Å². The van der Waals surface area contributed by atoms with Crippen molar-refractivity contribution < 1.29 is 14.5 Å². The lowest BCUT2D eigenvalue weighted by Gasteiger charge is -2.07. The lowest BCUT2D eigenvalue weighted by atomic mass is 10.2. The molecule has 0 spiro atoms. The zero-order valence-electron chi connectivity index (χ0n) is 14.3. The van der Waals surface area contributed by atoms with Gasteiger partial charge in [0.05, 0.1) is 4.92 Å². The molecular weight excluding hydrogens is 390 g/mol. The quantitative estimate of drug-likeness (QED) is 0.287. The fraction of sp³-hybridized carbons (Fsp3) is 0.222. The predicted molar refractivity (Wildman–Crippen MR) is 105 cm³/mol. The molecule has 2 N–H and O–H groups in total. The van der Waals surface area contributed by atoms with Crippen LogP contribution in [0.25, 0.3) is 0 Å². The Labute approximate surface area is 165 Å². The lowest BCUT2D eigenvalue weighted by molar-refractivity contribution is -0.384. The first kappa shape index (κ1) is 20.7. The summed E-state index contributed by atoms with van der Waals surface area (Å²) in [5, 5.41) is 16.7. The van der Waals surface area contributed by atoms with E-state index in [1.165, 1.54) is 24.3 Å². The fourth-order valence-corrected chi connectivity index (χ4v) is 3.00. The Morgan fingerprint density at radius 1 is 1.00 bits per heavy atom. The summed E-state index contributed by atoms with van der Waals surface area (Å²) in [6.45, 7) is 0.703. The minimum atomic E-state index is -0.531. The summed E-state index contributed by atoms with van der Waals surface area (Å²) in [4.78, 5) is 34.8. The summed E-state index contributed by atoms with van der Waals surface area (Å²) in [6, 6.07) is 12.8. The van der Waals surface area contributed by atoms with E-state index in [0.717, 1.165) is 10.6 Å². The van der Waals surface area contributed by atoms with Crippen molar-refractivity contribution in [1.82, 2.24) is 10.6 Å². The van der Waals surface area contributed by atoms with Crippen molar-refractivity contribution in [2.45, 2.75) is 11.3 Å². The standard InChI is InChI=1S/C18H18ClN3O4S/c19-14-3-7-16(8-4-14)27-12-11-20-17(23)9-10-21-18(24)13-1-5-15(6-2-13)22(25)26/h1-8H,9-12H2,(H,20,23)(H,21,24). The Morgan fingerprint density at radius 3 is 2.30 bits per heavy atom. The first-order valence-corrected chi connectivity index (χ1v) is 9.50. The fourth-order valence-electron chi connectivity index (χ4n) is 2.10. The highest BCUT2D eigenvalue weighted by Crippen LogP contribution is 2.19. The SMILES string of the molecule is O=C(CCNC(=O)c1ccc([N+](=O)[O-])cc1)NCCSc1ccc(Cl)cc1. The summed E-state index contributed by atoms with van der Waals surface area (Å²) in [5.74, 6) is 0.189. The second-order valence-electron chi connectivity index (χ2n) is 5.46. The largest absolute Gasteiger partial charge is 0.355 e. The normalized spacial score (nSPS) is 10.3. The number of thioether (sulfide) groups is 1. The summed E-state index contributed by atoms with van der Waals surface area (Å²) in [5.41, 5.74) is 0.225. The van der Waals surface area contributed by atoms with Gasteiger partial charge in [-0.2, -0.15) is 0 Å². The molecule has 2 amide bonds. The molecule has 9 heteroatoms. The Bertz CT molecular complexity index is 797. The van der Waals surface area contributed by atoms with Gasteiger partial charge in [0, 0.05) is 52.9 Å². The molecule has 7 nitrogen and oxygen atoms in total. The van der Waals surface area contributed by atoms with Crippen molar-refractivity contribution in [3.8, 4) is 0 Å². The van der Waals surface area contributed by atoms with E-state index < -0.39 is 4.92 Å². The second kappa shape index (κ2) is 10.5. The van der Waals surface area contributed by atoms with Crippen LogP contribution in [0, 0.1) is 10.1 Å². The summed E-state index contributed by atoms with van der Waals surface area (Å²) in [6.07, 6.45) is 0.157. The Kier molecular flexibility index (Phi) is 8.09. The number of non-ortho nitro benzene ring substituents is 1. The topological polar surface area (TPSA) is 101 Å². The van der Waals surface area contributed by atoms with Crippen molar-refractivity contribution in [1.29, 1.82) is 0 Å². The molecule has 0 atom stereocenters. The van der Waals surface area contributed by atoms with Gasteiger partial charge >= 0.3 is 0 Å². The summed E-state index contributed by atoms with van der Waals surface area (Å²) in [7, 11) is 0. The van der Waals surface area contributed by atoms with Gasteiger partial charge in [0.1, 0.15) is 0 Å². The highest BCUT2D eigenvalue weighted by Gasteiger charge is 2.09. The van der Waals surface area contributed by atoms with Crippen molar-refractivity contribution >= 4 is 40.9 Å². The Balaban J connectivity index is 1.61. The van der Waals surface area contributed by atoms with Crippen LogP contribution in [0.4, 0.5) is 5.69 Å². The molecule has 0 saturated carbocycles. The zero-order valence-corrected chi connectivity index (χ0v) is 15.9. The third-order valence-electron chi connectivity index (χ3n) is 3.48. The molecule has 0 aliphatic heterocycles. The molecule has 2 rings (SSSR count). The number of hydrogen-bond donors (Lipinski definition) is 2. The van der Waals surface area contributed by atoms with Gasteiger partial charge < -0.3 is 10.6 Å². The molecule has 0 unspecified atom stereocenters. The molecule has 0 bridgehead atoms. The summed E-state index contributed by atoms with van der Waals surface area (Å²) >= 11 is 7.43. The van der Waals surface area contributed by atoms with Crippen LogP contribution in [0.2, 0.25) is 5.02 Å². The van der Waals surface area contributed by atoms with Crippen LogP contribution in [-0.2, 0) is 4.79 Å². The molecule has 0 heterocycles. The van der Waals surface area contributed by atoms with Gasteiger partial charge in [-0.3, -0.25) is 19.7 Å². The first-order chi connectivity index (χ1) is 13.0. The van der Waals surface area contributed by atoms with Crippen molar-refractivity contribution in [3.05, 3.63) is 69.2 Å². The molecule has 2 aromatic rings. The lowest BCUT2D eigenvalue weighted by Crippen LogP contribution is -2.31. The van der Waals surface area contributed by atoms with Crippen LogP contribution in [0.5, 0.6) is 0 Å². The molecule has 0 aliphatic rings. The molecule has 2 aromatic carbocycles. The van der Waals surface area contributed by atoms with E-state index in [1.54, 1.807) is 11.8 Å². The van der Waals surface area contributed by atoms with Gasteiger partial charge in [-0.15, -0.1) is 11.8 Å². The van der Waals surface area contributed by atoms with E-state index in [-0.39, 0.29) is 30.5 Å². The average Bonchev–Trinajstić information content (AvgIpc) is 2.66. The van der Waals surface area contributed by atoms with E-state index in [9.17, 15) is 19.7 Å². The van der Waals surface area contributed by atoms with E-state index in [0.29, 0.717) is 17.1 Å². The third kappa shape index (κ3) is 7.28. The number of nitro benzene ring substituents is 1. The Hall–Kier alpha value is -2.58. The minimum absolute atomic E-state index is 0.0811. The maximum absolute atomic E-state index is 11.9. The molecular formula is C18H18ClN3O4S. The number of nitrogens with one attached hydrogen (secondary N) is 2. The van der Waals surface area contributed by atoms with E-state index in [1.807, 2.05) is 24.3 Å². The van der Waals surface area contributed by atoms with Crippen LogP contribution in [0.3, 0.4) is 0 Å².